The number of carbonyl (C=O) groups excluding carboxylic acids is 1. The van der Waals surface area contributed by atoms with Gasteiger partial charge in [-0.05, 0) is 33.3 Å². The van der Waals surface area contributed by atoms with Gasteiger partial charge in [-0.15, -0.1) is 0 Å². The van der Waals surface area contributed by atoms with Gasteiger partial charge in [-0.25, -0.2) is 0 Å². The Hall–Kier alpha value is -1.62. The van der Waals surface area contributed by atoms with Crippen molar-refractivity contribution in [1.82, 2.24) is 9.88 Å². The maximum atomic E-state index is 12.8. The number of amides is 1. The van der Waals surface area contributed by atoms with E-state index in [1.165, 1.54) is 0 Å². The molecule has 1 fully saturated rings. The lowest BCUT2D eigenvalue weighted by molar-refractivity contribution is -0.118. The Balaban J connectivity index is 2.19. The molecule has 1 N–H and O–H groups in total. The van der Waals surface area contributed by atoms with Crippen molar-refractivity contribution in [2.24, 2.45) is 0 Å². The van der Waals surface area contributed by atoms with E-state index in [1.54, 1.807) is 12.4 Å². The van der Waals surface area contributed by atoms with E-state index in [1.807, 2.05) is 31.7 Å². The van der Waals surface area contributed by atoms with Crippen LogP contribution < -0.4 is 5.32 Å². The van der Waals surface area contributed by atoms with E-state index in [0.717, 1.165) is 18.7 Å². The Morgan fingerprint density at radius 2 is 2.33 bits per heavy atom. The van der Waals surface area contributed by atoms with Crippen molar-refractivity contribution in [2.75, 3.05) is 25.0 Å². The molecule has 0 saturated carbocycles. The predicted octanol–water partition coefficient (Wildman–Crippen LogP) is 2.54. The zero-order valence-corrected chi connectivity index (χ0v) is 13.3. The molecule has 1 aliphatic heterocycles. The van der Waals surface area contributed by atoms with Crippen LogP contribution in [-0.2, 0) is 4.74 Å². The van der Waals surface area contributed by atoms with Gasteiger partial charge in [0.2, 0.25) is 0 Å². The van der Waals surface area contributed by atoms with Crippen molar-refractivity contribution in [3.05, 3.63) is 24.0 Å². The number of morpholine rings is 1. The second-order valence-corrected chi connectivity index (χ2v) is 6.22. The number of ether oxygens (including phenoxy) is 1. The molecule has 1 saturated heterocycles. The molecular weight excluding hydrogens is 266 g/mol. The van der Waals surface area contributed by atoms with E-state index in [9.17, 15) is 4.79 Å². The first-order valence-corrected chi connectivity index (χ1v) is 7.58. The Morgan fingerprint density at radius 1 is 1.57 bits per heavy atom. The van der Waals surface area contributed by atoms with Crippen molar-refractivity contribution < 1.29 is 9.53 Å². The van der Waals surface area contributed by atoms with E-state index < -0.39 is 0 Å². The molecule has 1 aromatic heterocycles. The molecule has 0 aromatic carbocycles. The van der Waals surface area contributed by atoms with Gasteiger partial charge >= 0.3 is 0 Å². The van der Waals surface area contributed by atoms with E-state index in [4.69, 9.17) is 4.74 Å². The minimum absolute atomic E-state index is 0.0185. The van der Waals surface area contributed by atoms with Crippen LogP contribution in [0.15, 0.2) is 18.5 Å². The Kier molecular flexibility index (Phi) is 4.83. The summed E-state index contributed by atoms with van der Waals surface area (Å²) in [6, 6.07) is 1.86. The SMILES string of the molecule is CCCNc1ccncc1C(=O)N1CC(C)OC(C)(C)C1. The normalized spacial score (nSPS) is 21.1. The van der Waals surface area contributed by atoms with Crippen LogP contribution in [0.25, 0.3) is 0 Å². The van der Waals surface area contributed by atoms with Crippen LogP contribution in [0.1, 0.15) is 44.5 Å². The van der Waals surface area contributed by atoms with Gasteiger partial charge in [0, 0.05) is 32.0 Å². The fraction of sp³-hybridized carbons (Fsp3) is 0.625. The molecule has 5 heteroatoms. The average Bonchev–Trinajstić information content (AvgIpc) is 2.42. The molecule has 2 heterocycles. The highest BCUT2D eigenvalue weighted by atomic mass is 16.5. The first kappa shape index (κ1) is 15.8. The zero-order valence-electron chi connectivity index (χ0n) is 13.3. The molecule has 1 aromatic rings. The van der Waals surface area contributed by atoms with Crippen LogP contribution in [0.3, 0.4) is 0 Å². The topological polar surface area (TPSA) is 54.5 Å². The van der Waals surface area contributed by atoms with E-state index in [0.29, 0.717) is 18.7 Å². The van der Waals surface area contributed by atoms with Gasteiger partial charge in [0.1, 0.15) is 0 Å². The second kappa shape index (κ2) is 6.43. The quantitative estimate of drug-likeness (QED) is 0.926. The third-order valence-corrected chi connectivity index (χ3v) is 3.47. The number of hydrogen-bond donors (Lipinski definition) is 1. The van der Waals surface area contributed by atoms with Crippen LogP contribution in [0.4, 0.5) is 5.69 Å². The highest BCUT2D eigenvalue weighted by Gasteiger charge is 2.34. The molecule has 1 atom stereocenters. The first-order valence-electron chi connectivity index (χ1n) is 7.58. The molecule has 2 rings (SSSR count). The third kappa shape index (κ3) is 3.94. The molecule has 1 amide bonds. The van der Waals surface area contributed by atoms with Crippen molar-refractivity contribution in [2.45, 2.75) is 45.8 Å². The van der Waals surface area contributed by atoms with Gasteiger partial charge < -0.3 is 15.0 Å². The van der Waals surface area contributed by atoms with Crippen LogP contribution in [0, 0.1) is 0 Å². The van der Waals surface area contributed by atoms with Gasteiger partial charge in [0.15, 0.2) is 0 Å². The molecule has 21 heavy (non-hydrogen) atoms. The number of pyridine rings is 1. The molecule has 0 spiro atoms. The number of aromatic nitrogens is 1. The highest BCUT2D eigenvalue weighted by molar-refractivity contribution is 5.99. The third-order valence-electron chi connectivity index (χ3n) is 3.47. The van der Waals surface area contributed by atoms with Gasteiger partial charge in [0.05, 0.1) is 23.0 Å². The Bertz CT molecular complexity index is 502. The first-order chi connectivity index (χ1) is 9.93. The Labute approximate surface area is 126 Å². The minimum atomic E-state index is -0.313. The van der Waals surface area contributed by atoms with Crippen LogP contribution >= 0.6 is 0 Å². The van der Waals surface area contributed by atoms with Gasteiger partial charge in [-0.3, -0.25) is 9.78 Å². The number of rotatable bonds is 4. The monoisotopic (exact) mass is 291 g/mol. The van der Waals surface area contributed by atoms with Crippen molar-refractivity contribution in [3.63, 3.8) is 0 Å². The molecule has 0 bridgehead atoms. The summed E-state index contributed by atoms with van der Waals surface area (Å²) in [5.41, 5.74) is 1.18. The van der Waals surface area contributed by atoms with Crippen molar-refractivity contribution in [3.8, 4) is 0 Å². The van der Waals surface area contributed by atoms with Crippen LogP contribution in [0.2, 0.25) is 0 Å². The molecule has 1 unspecified atom stereocenters. The number of hydrogen-bond acceptors (Lipinski definition) is 4. The molecular formula is C16H25N3O2. The number of nitrogens with one attached hydrogen (secondary N) is 1. The fourth-order valence-electron chi connectivity index (χ4n) is 2.76. The number of carbonyl (C=O) groups is 1. The second-order valence-electron chi connectivity index (χ2n) is 6.22. The summed E-state index contributed by atoms with van der Waals surface area (Å²) in [4.78, 5) is 18.8. The van der Waals surface area contributed by atoms with Crippen molar-refractivity contribution >= 4 is 11.6 Å². The van der Waals surface area contributed by atoms with Gasteiger partial charge in [-0.2, -0.15) is 0 Å². The average molecular weight is 291 g/mol. The standard InChI is InChI=1S/C16H25N3O2/c1-5-7-18-14-6-8-17-9-13(14)15(20)19-10-12(2)21-16(3,4)11-19/h6,8-9,12H,5,7,10-11H2,1-4H3,(H,17,18). The summed E-state index contributed by atoms with van der Waals surface area (Å²) in [6.45, 7) is 10.2. The summed E-state index contributed by atoms with van der Waals surface area (Å²) in [5.74, 6) is 0.0185. The lowest BCUT2D eigenvalue weighted by Crippen LogP contribution is -2.53. The molecule has 5 nitrogen and oxygen atoms in total. The lowest BCUT2D eigenvalue weighted by atomic mass is 10.0. The van der Waals surface area contributed by atoms with Gasteiger partial charge in [0.25, 0.3) is 5.91 Å². The number of nitrogens with zero attached hydrogens (tertiary/aromatic N) is 2. The predicted molar refractivity (Wildman–Crippen MR) is 83.5 cm³/mol. The summed E-state index contributed by atoms with van der Waals surface area (Å²) < 4.78 is 5.86. The Morgan fingerprint density at radius 3 is 3.00 bits per heavy atom. The zero-order chi connectivity index (χ0) is 15.5. The summed E-state index contributed by atoms with van der Waals surface area (Å²) in [5, 5.41) is 3.30. The van der Waals surface area contributed by atoms with Gasteiger partial charge in [-0.1, -0.05) is 6.92 Å². The van der Waals surface area contributed by atoms with Crippen molar-refractivity contribution in [1.29, 1.82) is 0 Å². The highest BCUT2D eigenvalue weighted by Crippen LogP contribution is 2.24. The molecule has 0 radical (unpaired) electrons. The molecule has 116 valence electrons. The minimum Gasteiger partial charge on any atom is -0.384 e. The summed E-state index contributed by atoms with van der Waals surface area (Å²) >= 11 is 0. The van der Waals surface area contributed by atoms with Crippen LogP contribution in [0.5, 0.6) is 0 Å². The van der Waals surface area contributed by atoms with E-state index in [-0.39, 0.29) is 17.6 Å². The van der Waals surface area contributed by atoms with E-state index in [2.05, 4.69) is 17.2 Å². The smallest absolute Gasteiger partial charge is 0.257 e. The molecule has 0 aliphatic carbocycles. The fourth-order valence-corrected chi connectivity index (χ4v) is 2.76. The maximum Gasteiger partial charge on any atom is 0.257 e. The maximum absolute atomic E-state index is 12.8. The largest absolute Gasteiger partial charge is 0.384 e. The van der Waals surface area contributed by atoms with E-state index >= 15 is 0 Å². The van der Waals surface area contributed by atoms with Crippen LogP contribution in [-0.4, -0.2) is 47.1 Å². The number of anilines is 1. The summed E-state index contributed by atoms with van der Waals surface area (Å²) in [7, 11) is 0. The lowest BCUT2D eigenvalue weighted by Gasteiger charge is -2.41. The summed E-state index contributed by atoms with van der Waals surface area (Å²) in [6.07, 6.45) is 4.41. The molecule has 1 aliphatic rings.